The van der Waals surface area contributed by atoms with Crippen LogP contribution in [0.25, 0.3) is 0 Å². The lowest BCUT2D eigenvalue weighted by Gasteiger charge is -2.20. The molecule has 1 saturated heterocycles. The Morgan fingerprint density at radius 3 is 2.46 bits per heavy atom. The lowest BCUT2D eigenvalue weighted by Crippen LogP contribution is -2.25. The predicted octanol–water partition coefficient (Wildman–Crippen LogP) is 3.12. The monoisotopic (exact) mass is 326 g/mol. The van der Waals surface area contributed by atoms with E-state index in [1.807, 2.05) is 18.2 Å². The van der Waals surface area contributed by atoms with E-state index in [4.69, 9.17) is 4.74 Å². The maximum absolute atomic E-state index is 12.3. The first-order valence-corrected chi connectivity index (χ1v) is 8.31. The molecule has 126 valence electrons. The Bertz CT molecular complexity index is 680. The van der Waals surface area contributed by atoms with E-state index < -0.39 is 0 Å². The SMILES string of the molecule is COc1ccccc1NC(=O)c1ccc(N2CCCCCC2)nn1. The summed E-state index contributed by atoms with van der Waals surface area (Å²) >= 11 is 0. The number of rotatable bonds is 4. The van der Waals surface area contributed by atoms with Crippen molar-refractivity contribution in [1.82, 2.24) is 10.2 Å². The highest BCUT2D eigenvalue weighted by Crippen LogP contribution is 2.23. The van der Waals surface area contributed by atoms with E-state index in [0.29, 0.717) is 17.1 Å². The quantitative estimate of drug-likeness (QED) is 0.935. The highest BCUT2D eigenvalue weighted by atomic mass is 16.5. The van der Waals surface area contributed by atoms with Crippen molar-refractivity contribution in [3.8, 4) is 5.75 Å². The minimum Gasteiger partial charge on any atom is -0.495 e. The standard InChI is InChI=1S/C18H22N4O2/c1-24-16-9-5-4-8-14(16)19-18(23)15-10-11-17(21-20-15)22-12-6-2-3-7-13-22/h4-5,8-11H,2-3,6-7,12-13H2,1H3,(H,19,23). The van der Waals surface area contributed by atoms with Crippen LogP contribution in [0.4, 0.5) is 11.5 Å². The number of benzene rings is 1. The molecule has 0 spiro atoms. The molecule has 0 saturated carbocycles. The van der Waals surface area contributed by atoms with Crippen molar-refractivity contribution in [1.29, 1.82) is 0 Å². The van der Waals surface area contributed by atoms with Crippen molar-refractivity contribution in [3.05, 3.63) is 42.1 Å². The average Bonchev–Trinajstić information content (AvgIpc) is 2.92. The molecule has 1 aliphatic heterocycles. The first-order chi connectivity index (χ1) is 11.8. The second-order valence-electron chi connectivity index (χ2n) is 5.83. The number of hydrogen-bond donors (Lipinski definition) is 1. The summed E-state index contributed by atoms with van der Waals surface area (Å²) in [6, 6.07) is 10.9. The highest BCUT2D eigenvalue weighted by molar-refractivity contribution is 6.03. The molecule has 1 N–H and O–H groups in total. The second kappa shape index (κ2) is 7.77. The Morgan fingerprint density at radius 2 is 1.79 bits per heavy atom. The van der Waals surface area contributed by atoms with Gasteiger partial charge < -0.3 is 15.0 Å². The summed E-state index contributed by atoms with van der Waals surface area (Å²) in [6.45, 7) is 2.00. The minimum atomic E-state index is -0.297. The fourth-order valence-electron chi connectivity index (χ4n) is 2.85. The number of methoxy groups -OCH3 is 1. The van der Waals surface area contributed by atoms with Crippen molar-refractivity contribution in [2.45, 2.75) is 25.7 Å². The van der Waals surface area contributed by atoms with Crippen LogP contribution in [-0.2, 0) is 0 Å². The third kappa shape index (κ3) is 3.82. The topological polar surface area (TPSA) is 67.3 Å². The Balaban J connectivity index is 1.69. The van der Waals surface area contributed by atoms with Crippen molar-refractivity contribution in [3.63, 3.8) is 0 Å². The smallest absolute Gasteiger partial charge is 0.276 e. The number of para-hydroxylation sites is 2. The van der Waals surface area contributed by atoms with E-state index in [1.54, 1.807) is 25.3 Å². The summed E-state index contributed by atoms with van der Waals surface area (Å²) in [5, 5.41) is 11.1. The number of carbonyl (C=O) groups is 1. The average molecular weight is 326 g/mol. The number of nitrogens with zero attached hydrogens (tertiary/aromatic N) is 3. The van der Waals surface area contributed by atoms with Crippen molar-refractivity contribution < 1.29 is 9.53 Å². The lowest BCUT2D eigenvalue weighted by molar-refractivity contribution is 0.102. The zero-order valence-corrected chi connectivity index (χ0v) is 13.9. The zero-order chi connectivity index (χ0) is 16.8. The molecule has 1 fully saturated rings. The maximum Gasteiger partial charge on any atom is 0.276 e. The molecule has 24 heavy (non-hydrogen) atoms. The molecule has 0 bridgehead atoms. The molecular weight excluding hydrogens is 304 g/mol. The molecule has 1 aromatic carbocycles. The molecule has 2 aromatic rings. The molecule has 0 aliphatic carbocycles. The number of nitrogens with one attached hydrogen (secondary N) is 1. The van der Waals surface area contributed by atoms with Crippen molar-refractivity contribution in [2.75, 3.05) is 30.4 Å². The van der Waals surface area contributed by atoms with Crippen LogP contribution in [0.3, 0.4) is 0 Å². The highest BCUT2D eigenvalue weighted by Gasteiger charge is 2.14. The molecule has 3 rings (SSSR count). The van der Waals surface area contributed by atoms with Gasteiger partial charge in [0.15, 0.2) is 11.5 Å². The van der Waals surface area contributed by atoms with Gasteiger partial charge in [0.25, 0.3) is 5.91 Å². The Hall–Kier alpha value is -2.63. The third-order valence-corrected chi connectivity index (χ3v) is 4.17. The van der Waals surface area contributed by atoms with Crippen LogP contribution in [0.15, 0.2) is 36.4 Å². The van der Waals surface area contributed by atoms with Crippen LogP contribution in [0.1, 0.15) is 36.2 Å². The fraction of sp³-hybridized carbons (Fsp3) is 0.389. The van der Waals surface area contributed by atoms with Crippen LogP contribution < -0.4 is 15.0 Å². The van der Waals surface area contributed by atoms with Crippen LogP contribution in [0, 0.1) is 0 Å². The number of hydrogen-bond acceptors (Lipinski definition) is 5. The van der Waals surface area contributed by atoms with E-state index in [1.165, 1.54) is 25.7 Å². The molecule has 6 nitrogen and oxygen atoms in total. The number of ether oxygens (including phenoxy) is 1. The van der Waals surface area contributed by atoms with Crippen LogP contribution in [-0.4, -0.2) is 36.3 Å². The molecule has 0 unspecified atom stereocenters. The van der Waals surface area contributed by atoms with E-state index in [2.05, 4.69) is 20.4 Å². The van der Waals surface area contributed by atoms with Gasteiger partial charge in [-0.15, -0.1) is 10.2 Å². The lowest BCUT2D eigenvalue weighted by atomic mass is 10.2. The number of aromatic nitrogens is 2. The van der Waals surface area contributed by atoms with Crippen LogP contribution in [0.5, 0.6) is 5.75 Å². The van der Waals surface area contributed by atoms with Gasteiger partial charge in [-0.25, -0.2) is 0 Å². The Morgan fingerprint density at radius 1 is 1.04 bits per heavy atom. The molecule has 2 heterocycles. The first kappa shape index (κ1) is 16.2. The van der Waals surface area contributed by atoms with E-state index in [-0.39, 0.29) is 5.91 Å². The van der Waals surface area contributed by atoms with Gasteiger partial charge in [-0.3, -0.25) is 4.79 Å². The van der Waals surface area contributed by atoms with Gasteiger partial charge in [0, 0.05) is 13.1 Å². The zero-order valence-electron chi connectivity index (χ0n) is 13.9. The fourth-order valence-corrected chi connectivity index (χ4v) is 2.85. The van der Waals surface area contributed by atoms with Gasteiger partial charge in [-0.2, -0.15) is 0 Å². The van der Waals surface area contributed by atoms with Crippen molar-refractivity contribution in [2.24, 2.45) is 0 Å². The summed E-state index contributed by atoms with van der Waals surface area (Å²) in [4.78, 5) is 14.6. The second-order valence-corrected chi connectivity index (χ2v) is 5.83. The van der Waals surface area contributed by atoms with E-state index in [9.17, 15) is 4.79 Å². The summed E-state index contributed by atoms with van der Waals surface area (Å²) in [6.07, 6.45) is 4.89. The Kier molecular flexibility index (Phi) is 5.25. The molecule has 1 aromatic heterocycles. The summed E-state index contributed by atoms with van der Waals surface area (Å²) in [7, 11) is 1.57. The van der Waals surface area contributed by atoms with Crippen molar-refractivity contribution >= 4 is 17.4 Å². The van der Waals surface area contributed by atoms with Crippen LogP contribution in [0.2, 0.25) is 0 Å². The molecule has 1 amide bonds. The molecule has 1 aliphatic rings. The number of amides is 1. The van der Waals surface area contributed by atoms with Gasteiger partial charge in [-0.05, 0) is 37.1 Å². The predicted molar refractivity (Wildman–Crippen MR) is 93.7 cm³/mol. The molecular formula is C18H22N4O2. The van der Waals surface area contributed by atoms with E-state index >= 15 is 0 Å². The number of carbonyl (C=O) groups excluding carboxylic acids is 1. The third-order valence-electron chi connectivity index (χ3n) is 4.17. The normalized spacial score (nSPS) is 14.8. The Labute approximate surface area is 141 Å². The largest absolute Gasteiger partial charge is 0.495 e. The maximum atomic E-state index is 12.3. The van der Waals surface area contributed by atoms with Gasteiger partial charge >= 0.3 is 0 Å². The minimum absolute atomic E-state index is 0.291. The molecule has 0 radical (unpaired) electrons. The van der Waals surface area contributed by atoms with Gasteiger partial charge in [0.05, 0.1) is 12.8 Å². The molecule has 0 atom stereocenters. The van der Waals surface area contributed by atoms with Crippen LogP contribution >= 0.6 is 0 Å². The van der Waals surface area contributed by atoms with E-state index in [0.717, 1.165) is 18.9 Å². The summed E-state index contributed by atoms with van der Waals surface area (Å²) < 4.78 is 5.23. The summed E-state index contributed by atoms with van der Waals surface area (Å²) in [5.41, 5.74) is 0.905. The van der Waals surface area contributed by atoms with Gasteiger partial charge in [0.1, 0.15) is 5.75 Å². The number of anilines is 2. The first-order valence-electron chi connectivity index (χ1n) is 8.31. The summed E-state index contributed by atoms with van der Waals surface area (Å²) in [5.74, 6) is 1.15. The van der Waals surface area contributed by atoms with Gasteiger partial charge in [-0.1, -0.05) is 25.0 Å². The van der Waals surface area contributed by atoms with Gasteiger partial charge in [0.2, 0.25) is 0 Å². The molecule has 6 heteroatoms.